The molecule has 86 valence electrons. The lowest BCUT2D eigenvalue weighted by Gasteiger charge is -2.18. The summed E-state index contributed by atoms with van der Waals surface area (Å²) in [6.07, 6.45) is 3.12. The summed E-state index contributed by atoms with van der Waals surface area (Å²) in [6, 6.07) is 0. The van der Waals surface area contributed by atoms with Gasteiger partial charge in [-0.25, -0.2) is 0 Å². The Bertz CT molecular complexity index is 247. The van der Waals surface area contributed by atoms with Crippen molar-refractivity contribution < 1.29 is 9.90 Å². The molecule has 3 unspecified atom stereocenters. The number of alkyl halides is 1. The Labute approximate surface area is 95.4 Å². The van der Waals surface area contributed by atoms with E-state index in [1.165, 1.54) is 0 Å². The number of carbonyl (C=O) groups is 1. The zero-order chi connectivity index (χ0) is 10.8. The lowest BCUT2D eigenvalue weighted by molar-refractivity contribution is -0.130. The van der Waals surface area contributed by atoms with Crippen molar-refractivity contribution in [1.82, 2.24) is 4.90 Å². The zero-order valence-corrected chi connectivity index (χ0v) is 9.62. The van der Waals surface area contributed by atoms with Crippen LogP contribution in [-0.4, -0.2) is 41.0 Å². The van der Waals surface area contributed by atoms with Crippen molar-refractivity contribution in [3.63, 3.8) is 0 Å². The van der Waals surface area contributed by atoms with E-state index in [0.717, 1.165) is 32.4 Å². The average molecular weight is 232 g/mol. The summed E-state index contributed by atoms with van der Waals surface area (Å²) in [5.41, 5.74) is 0. The molecule has 1 saturated carbocycles. The molecule has 0 spiro atoms. The molecule has 3 nitrogen and oxygen atoms in total. The molecule has 0 aromatic rings. The lowest BCUT2D eigenvalue weighted by atomic mass is 10.00. The van der Waals surface area contributed by atoms with Gasteiger partial charge in [-0.2, -0.15) is 0 Å². The minimum atomic E-state index is -0.180. The van der Waals surface area contributed by atoms with Crippen LogP contribution in [0.4, 0.5) is 0 Å². The molecule has 2 rings (SSSR count). The van der Waals surface area contributed by atoms with Gasteiger partial charge in [0.05, 0.1) is 6.10 Å². The van der Waals surface area contributed by atoms with Crippen LogP contribution in [0.15, 0.2) is 0 Å². The van der Waals surface area contributed by atoms with Gasteiger partial charge in [-0.3, -0.25) is 4.79 Å². The molecule has 4 heteroatoms. The number of fused-ring (bicyclic) bond motifs is 1. The van der Waals surface area contributed by atoms with Gasteiger partial charge in [0.2, 0.25) is 5.91 Å². The van der Waals surface area contributed by atoms with Crippen LogP contribution in [0.25, 0.3) is 0 Å². The highest BCUT2D eigenvalue weighted by atomic mass is 35.5. The highest BCUT2D eigenvalue weighted by molar-refractivity contribution is 6.17. The Kier molecular flexibility index (Phi) is 3.52. The van der Waals surface area contributed by atoms with E-state index < -0.39 is 0 Å². The van der Waals surface area contributed by atoms with Crippen LogP contribution >= 0.6 is 11.6 Å². The third-order valence-electron chi connectivity index (χ3n) is 3.70. The number of hydrogen-bond acceptors (Lipinski definition) is 2. The summed E-state index contributed by atoms with van der Waals surface area (Å²) in [7, 11) is 0. The van der Waals surface area contributed by atoms with E-state index >= 15 is 0 Å². The van der Waals surface area contributed by atoms with Crippen LogP contribution in [0.5, 0.6) is 0 Å². The fourth-order valence-electron chi connectivity index (χ4n) is 2.82. The van der Waals surface area contributed by atoms with Gasteiger partial charge in [0, 0.05) is 31.3 Å². The minimum absolute atomic E-state index is 0.180. The van der Waals surface area contributed by atoms with Crippen LogP contribution in [0, 0.1) is 11.8 Å². The van der Waals surface area contributed by atoms with Crippen LogP contribution in [0.2, 0.25) is 0 Å². The molecule has 1 aliphatic carbocycles. The van der Waals surface area contributed by atoms with Crippen molar-refractivity contribution in [2.75, 3.05) is 19.0 Å². The summed E-state index contributed by atoms with van der Waals surface area (Å²) >= 11 is 5.56. The number of halogens is 1. The number of nitrogens with zero attached hydrogens (tertiary/aromatic N) is 1. The maximum absolute atomic E-state index is 11.7. The van der Waals surface area contributed by atoms with E-state index in [9.17, 15) is 9.90 Å². The molecule has 3 atom stereocenters. The van der Waals surface area contributed by atoms with Crippen LogP contribution in [0.3, 0.4) is 0 Å². The van der Waals surface area contributed by atoms with Crippen LogP contribution in [0.1, 0.15) is 25.7 Å². The second kappa shape index (κ2) is 4.71. The fourth-order valence-corrected chi connectivity index (χ4v) is 2.95. The summed E-state index contributed by atoms with van der Waals surface area (Å²) in [5, 5.41) is 9.72. The SMILES string of the molecule is O=C(CCCCl)N1CC2CCC(O)C2C1. The smallest absolute Gasteiger partial charge is 0.222 e. The predicted molar refractivity (Wildman–Crippen MR) is 58.8 cm³/mol. The van der Waals surface area contributed by atoms with Gasteiger partial charge in [-0.1, -0.05) is 0 Å². The first kappa shape index (κ1) is 11.2. The Morgan fingerprint density at radius 1 is 1.40 bits per heavy atom. The maximum atomic E-state index is 11.7. The van der Waals surface area contributed by atoms with E-state index in [-0.39, 0.29) is 12.0 Å². The van der Waals surface area contributed by atoms with Gasteiger partial charge in [0.15, 0.2) is 0 Å². The molecule has 1 N–H and O–H groups in total. The summed E-state index contributed by atoms with van der Waals surface area (Å²) in [4.78, 5) is 13.6. The van der Waals surface area contributed by atoms with Crippen LogP contribution in [-0.2, 0) is 4.79 Å². The number of likely N-dealkylation sites (tertiary alicyclic amines) is 1. The maximum Gasteiger partial charge on any atom is 0.222 e. The average Bonchev–Trinajstić information content (AvgIpc) is 2.78. The minimum Gasteiger partial charge on any atom is -0.393 e. The number of hydrogen-bond donors (Lipinski definition) is 1. The number of rotatable bonds is 3. The largest absolute Gasteiger partial charge is 0.393 e. The molecule has 2 fully saturated rings. The molecule has 1 saturated heterocycles. The van der Waals surface area contributed by atoms with Gasteiger partial charge in [-0.05, 0) is 25.2 Å². The van der Waals surface area contributed by atoms with Crippen molar-refractivity contribution in [3.8, 4) is 0 Å². The molecule has 0 aromatic heterocycles. The topological polar surface area (TPSA) is 40.5 Å². The van der Waals surface area contributed by atoms with Crippen molar-refractivity contribution >= 4 is 17.5 Å². The lowest BCUT2D eigenvalue weighted by Crippen LogP contribution is -2.30. The van der Waals surface area contributed by atoms with Crippen molar-refractivity contribution in [2.45, 2.75) is 31.8 Å². The second-order valence-electron chi connectivity index (χ2n) is 4.66. The predicted octanol–water partition coefficient (Wildman–Crippen LogP) is 1.23. The molecule has 1 amide bonds. The third kappa shape index (κ3) is 2.28. The Morgan fingerprint density at radius 3 is 2.87 bits per heavy atom. The van der Waals surface area contributed by atoms with Crippen molar-refractivity contribution in [3.05, 3.63) is 0 Å². The molecule has 15 heavy (non-hydrogen) atoms. The zero-order valence-electron chi connectivity index (χ0n) is 8.86. The molecule has 2 aliphatic rings. The van der Waals surface area contributed by atoms with Gasteiger partial charge in [0.1, 0.15) is 0 Å². The van der Waals surface area contributed by atoms with E-state index in [0.29, 0.717) is 24.1 Å². The summed E-state index contributed by atoms with van der Waals surface area (Å²) in [6.45, 7) is 1.61. The molecular weight excluding hydrogens is 214 g/mol. The van der Waals surface area contributed by atoms with E-state index in [1.54, 1.807) is 0 Å². The third-order valence-corrected chi connectivity index (χ3v) is 3.96. The van der Waals surface area contributed by atoms with Gasteiger partial charge in [0.25, 0.3) is 0 Å². The Hall–Kier alpha value is -0.280. The van der Waals surface area contributed by atoms with E-state index in [2.05, 4.69) is 0 Å². The molecule has 0 aromatic carbocycles. The second-order valence-corrected chi connectivity index (χ2v) is 5.04. The summed E-state index contributed by atoms with van der Waals surface area (Å²) in [5.74, 6) is 1.64. The number of amides is 1. The van der Waals surface area contributed by atoms with E-state index in [1.807, 2.05) is 4.90 Å². The monoisotopic (exact) mass is 231 g/mol. The molecule has 0 radical (unpaired) electrons. The van der Waals surface area contributed by atoms with Gasteiger partial charge >= 0.3 is 0 Å². The Balaban J connectivity index is 1.85. The fraction of sp³-hybridized carbons (Fsp3) is 0.909. The molecule has 0 bridgehead atoms. The van der Waals surface area contributed by atoms with Crippen LogP contribution < -0.4 is 0 Å². The molecular formula is C11H18ClNO2. The first-order valence-electron chi connectivity index (χ1n) is 5.74. The molecule has 1 heterocycles. The van der Waals surface area contributed by atoms with Crippen molar-refractivity contribution in [1.29, 1.82) is 0 Å². The highest BCUT2D eigenvalue weighted by Crippen LogP contribution is 2.38. The van der Waals surface area contributed by atoms with Gasteiger partial charge < -0.3 is 10.0 Å². The van der Waals surface area contributed by atoms with E-state index in [4.69, 9.17) is 11.6 Å². The number of aliphatic hydroxyl groups excluding tert-OH is 1. The number of aliphatic hydroxyl groups is 1. The standard InChI is InChI=1S/C11H18ClNO2/c12-5-1-2-11(15)13-6-8-3-4-10(14)9(8)7-13/h8-10,14H,1-7H2. The quantitative estimate of drug-likeness (QED) is 0.743. The summed E-state index contributed by atoms with van der Waals surface area (Å²) < 4.78 is 0. The normalized spacial score (nSPS) is 34.5. The Morgan fingerprint density at radius 2 is 2.20 bits per heavy atom. The molecule has 1 aliphatic heterocycles. The first-order chi connectivity index (χ1) is 7.22. The number of carbonyl (C=O) groups excluding carboxylic acids is 1. The van der Waals surface area contributed by atoms with Gasteiger partial charge in [-0.15, -0.1) is 11.6 Å². The van der Waals surface area contributed by atoms with Crippen molar-refractivity contribution in [2.24, 2.45) is 11.8 Å². The first-order valence-corrected chi connectivity index (χ1v) is 6.27. The highest BCUT2D eigenvalue weighted by Gasteiger charge is 2.42.